The number of nitrogen functional groups attached to an aromatic ring is 1. The number of hydrogen-bond donors (Lipinski definition) is 1. The molecule has 0 unspecified atom stereocenters. The maximum absolute atomic E-state index is 12.0. The van der Waals surface area contributed by atoms with E-state index in [2.05, 4.69) is 6.07 Å². The highest BCUT2D eigenvalue weighted by molar-refractivity contribution is 5.78. The van der Waals surface area contributed by atoms with Gasteiger partial charge in [0.2, 0.25) is 0 Å². The molecule has 0 atom stereocenters. The molecule has 0 saturated heterocycles. The SMILES string of the molecule is N#CCCN(C(=O)COc1ccc(N)cc1)C1CC1. The molecule has 100 valence electrons. The molecule has 0 heterocycles. The second-order valence-corrected chi connectivity index (χ2v) is 4.58. The number of rotatable bonds is 6. The number of amides is 1. The van der Waals surface area contributed by atoms with Crippen molar-refractivity contribution in [2.75, 3.05) is 18.9 Å². The standard InChI is InChI=1S/C14H17N3O2/c15-8-1-9-17(12-4-5-12)14(18)10-19-13-6-2-11(16)3-7-13/h2-3,6-7,12H,1,4-5,9-10,16H2. The van der Waals surface area contributed by atoms with Gasteiger partial charge in [-0.1, -0.05) is 0 Å². The van der Waals surface area contributed by atoms with Crippen LogP contribution in [-0.2, 0) is 4.79 Å². The van der Waals surface area contributed by atoms with E-state index in [-0.39, 0.29) is 12.5 Å². The molecule has 0 aromatic heterocycles. The third kappa shape index (κ3) is 3.88. The monoisotopic (exact) mass is 259 g/mol. The van der Waals surface area contributed by atoms with Crippen molar-refractivity contribution in [2.24, 2.45) is 0 Å². The summed E-state index contributed by atoms with van der Waals surface area (Å²) in [6.07, 6.45) is 2.42. The number of nitriles is 1. The molecular weight excluding hydrogens is 242 g/mol. The molecule has 1 aromatic rings. The average Bonchev–Trinajstić information content (AvgIpc) is 3.23. The lowest BCUT2D eigenvalue weighted by Gasteiger charge is -2.21. The third-order valence-corrected chi connectivity index (χ3v) is 3.01. The van der Waals surface area contributed by atoms with Gasteiger partial charge in [-0.05, 0) is 37.1 Å². The summed E-state index contributed by atoms with van der Waals surface area (Å²) in [5.41, 5.74) is 6.23. The number of anilines is 1. The van der Waals surface area contributed by atoms with E-state index >= 15 is 0 Å². The summed E-state index contributed by atoms with van der Waals surface area (Å²) >= 11 is 0. The first-order valence-corrected chi connectivity index (χ1v) is 6.35. The molecule has 1 fully saturated rings. The lowest BCUT2D eigenvalue weighted by atomic mass is 10.3. The van der Waals surface area contributed by atoms with Crippen molar-refractivity contribution in [1.29, 1.82) is 5.26 Å². The van der Waals surface area contributed by atoms with E-state index in [0.29, 0.717) is 30.4 Å². The van der Waals surface area contributed by atoms with Crippen LogP contribution in [0.5, 0.6) is 5.75 Å². The van der Waals surface area contributed by atoms with Crippen molar-refractivity contribution < 1.29 is 9.53 Å². The second-order valence-electron chi connectivity index (χ2n) is 4.58. The Morgan fingerprint density at radius 2 is 2.11 bits per heavy atom. The van der Waals surface area contributed by atoms with Crippen molar-refractivity contribution >= 4 is 11.6 Å². The minimum Gasteiger partial charge on any atom is -0.484 e. The Morgan fingerprint density at radius 1 is 1.42 bits per heavy atom. The van der Waals surface area contributed by atoms with Gasteiger partial charge in [-0.15, -0.1) is 0 Å². The largest absolute Gasteiger partial charge is 0.484 e. The van der Waals surface area contributed by atoms with Gasteiger partial charge in [0.15, 0.2) is 6.61 Å². The van der Waals surface area contributed by atoms with E-state index in [4.69, 9.17) is 15.7 Å². The molecule has 1 aliphatic carbocycles. The Balaban J connectivity index is 1.85. The summed E-state index contributed by atoms with van der Waals surface area (Å²) < 4.78 is 5.43. The van der Waals surface area contributed by atoms with Crippen LogP contribution in [0.25, 0.3) is 0 Å². The number of nitrogens with two attached hydrogens (primary N) is 1. The van der Waals surface area contributed by atoms with Gasteiger partial charge in [0.1, 0.15) is 5.75 Å². The van der Waals surface area contributed by atoms with Gasteiger partial charge in [0.25, 0.3) is 5.91 Å². The Labute approximate surface area is 112 Å². The lowest BCUT2D eigenvalue weighted by Crippen LogP contribution is -2.37. The van der Waals surface area contributed by atoms with Crippen LogP contribution in [0.1, 0.15) is 19.3 Å². The fourth-order valence-corrected chi connectivity index (χ4v) is 1.86. The van der Waals surface area contributed by atoms with Gasteiger partial charge in [-0.3, -0.25) is 4.79 Å². The second kappa shape index (κ2) is 6.10. The summed E-state index contributed by atoms with van der Waals surface area (Å²) in [5, 5.41) is 8.60. The summed E-state index contributed by atoms with van der Waals surface area (Å²) in [7, 11) is 0. The number of carbonyl (C=O) groups excluding carboxylic acids is 1. The molecule has 0 bridgehead atoms. The molecule has 1 aliphatic rings. The predicted octanol–water partition coefficient (Wildman–Crippen LogP) is 1.55. The van der Waals surface area contributed by atoms with Crippen LogP contribution in [0.3, 0.4) is 0 Å². The number of ether oxygens (including phenoxy) is 1. The zero-order chi connectivity index (χ0) is 13.7. The van der Waals surface area contributed by atoms with Gasteiger partial charge in [0, 0.05) is 18.3 Å². The van der Waals surface area contributed by atoms with Crippen LogP contribution in [0, 0.1) is 11.3 Å². The Hall–Kier alpha value is -2.22. The normalized spacial score (nSPS) is 13.6. The molecule has 1 saturated carbocycles. The third-order valence-electron chi connectivity index (χ3n) is 3.01. The average molecular weight is 259 g/mol. The van der Waals surface area contributed by atoms with E-state index in [1.54, 1.807) is 29.2 Å². The van der Waals surface area contributed by atoms with E-state index in [9.17, 15) is 4.79 Å². The maximum atomic E-state index is 12.0. The van der Waals surface area contributed by atoms with Crippen LogP contribution >= 0.6 is 0 Å². The molecule has 0 spiro atoms. The number of hydrogen-bond acceptors (Lipinski definition) is 4. The smallest absolute Gasteiger partial charge is 0.260 e. The van der Waals surface area contributed by atoms with Gasteiger partial charge in [-0.25, -0.2) is 0 Å². The predicted molar refractivity (Wildman–Crippen MR) is 71.3 cm³/mol. The molecule has 5 heteroatoms. The molecule has 19 heavy (non-hydrogen) atoms. The van der Waals surface area contributed by atoms with Crippen molar-refractivity contribution in [2.45, 2.75) is 25.3 Å². The fraction of sp³-hybridized carbons (Fsp3) is 0.429. The van der Waals surface area contributed by atoms with Gasteiger partial charge in [-0.2, -0.15) is 5.26 Å². The Kier molecular flexibility index (Phi) is 4.24. The van der Waals surface area contributed by atoms with E-state index < -0.39 is 0 Å². The van der Waals surface area contributed by atoms with Crippen LogP contribution in [0.2, 0.25) is 0 Å². The van der Waals surface area contributed by atoms with Crippen molar-refractivity contribution in [3.63, 3.8) is 0 Å². The van der Waals surface area contributed by atoms with Crippen LogP contribution in [0.4, 0.5) is 5.69 Å². The Bertz CT molecular complexity index is 474. The molecule has 5 nitrogen and oxygen atoms in total. The summed E-state index contributed by atoms with van der Waals surface area (Å²) in [4.78, 5) is 13.8. The minimum absolute atomic E-state index is 0.00580. The Morgan fingerprint density at radius 3 is 2.68 bits per heavy atom. The zero-order valence-electron chi connectivity index (χ0n) is 10.7. The fourth-order valence-electron chi connectivity index (χ4n) is 1.86. The highest BCUT2D eigenvalue weighted by Gasteiger charge is 2.32. The highest BCUT2D eigenvalue weighted by Crippen LogP contribution is 2.27. The highest BCUT2D eigenvalue weighted by atomic mass is 16.5. The molecule has 0 radical (unpaired) electrons. The summed E-state index contributed by atoms with van der Waals surface area (Å²) in [5.74, 6) is 0.563. The van der Waals surface area contributed by atoms with Crippen molar-refractivity contribution in [3.05, 3.63) is 24.3 Å². The van der Waals surface area contributed by atoms with Crippen molar-refractivity contribution in [1.82, 2.24) is 4.90 Å². The van der Waals surface area contributed by atoms with Gasteiger partial charge < -0.3 is 15.4 Å². The minimum atomic E-state index is -0.0606. The number of carbonyl (C=O) groups is 1. The maximum Gasteiger partial charge on any atom is 0.260 e. The van der Waals surface area contributed by atoms with Gasteiger partial charge >= 0.3 is 0 Å². The van der Waals surface area contributed by atoms with E-state index in [1.165, 1.54) is 0 Å². The topological polar surface area (TPSA) is 79.3 Å². The van der Waals surface area contributed by atoms with Crippen LogP contribution in [0.15, 0.2) is 24.3 Å². The molecule has 0 aliphatic heterocycles. The molecule has 2 N–H and O–H groups in total. The van der Waals surface area contributed by atoms with E-state index in [0.717, 1.165) is 12.8 Å². The molecule has 1 amide bonds. The van der Waals surface area contributed by atoms with E-state index in [1.807, 2.05) is 0 Å². The molecule has 2 rings (SSSR count). The molecule has 1 aromatic carbocycles. The zero-order valence-corrected chi connectivity index (χ0v) is 10.7. The number of benzene rings is 1. The van der Waals surface area contributed by atoms with Crippen LogP contribution < -0.4 is 10.5 Å². The van der Waals surface area contributed by atoms with Gasteiger partial charge in [0.05, 0.1) is 12.5 Å². The number of nitrogens with zero attached hydrogens (tertiary/aromatic N) is 2. The summed E-state index contributed by atoms with van der Waals surface area (Å²) in [6, 6.07) is 9.30. The first-order chi connectivity index (χ1) is 9.20. The first kappa shape index (κ1) is 13.2. The van der Waals surface area contributed by atoms with Crippen molar-refractivity contribution in [3.8, 4) is 11.8 Å². The molecular formula is C14H17N3O2. The quantitative estimate of drug-likeness (QED) is 0.786. The van der Waals surface area contributed by atoms with Crippen LogP contribution in [-0.4, -0.2) is 30.0 Å². The lowest BCUT2D eigenvalue weighted by molar-refractivity contribution is -0.133. The summed E-state index contributed by atoms with van der Waals surface area (Å²) in [6.45, 7) is 0.497. The first-order valence-electron chi connectivity index (χ1n) is 6.35.